The first kappa shape index (κ1) is 14.1. The van der Waals surface area contributed by atoms with Gasteiger partial charge in [-0.2, -0.15) is 4.98 Å². The Kier molecular flexibility index (Phi) is 4.16. The summed E-state index contributed by atoms with van der Waals surface area (Å²) in [5.41, 5.74) is 0.886. The summed E-state index contributed by atoms with van der Waals surface area (Å²) in [4.78, 5) is 9.04. The highest BCUT2D eigenvalue weighted by Gasteiger charge is 2.30. The predicted octanol–water partition coefficient (Wildman–Crippen LogP) is 4.66. The second-order valence-corrected chi connectivity index (χ2v) is 6.54. The van der Waals surface area contributed by atoms with Crippen LogP contribution in [0.4, 0.5) is 0 Å². The molecule has 0 aromatic carbocycles. The average Bonchev–Trinajstić information content (AvgIpc) is 3.28. The first-order valence-corrected chi connectivity index (χ1v) is 8.27. The molecule has 3 nitrogen and oxygen atoms in total. The van der Waals surface area contributed by atoms with Crippen molar-refractivity contribution in [1.82, 2.24) is 9.97 Å². The van der Waals surface area contributed by atoms with Crippen molar-refractivity contribution in [1.29, 1.82) is 0 Å². The Morgan fingerprint density at radius 2 is 1.90 bits per heavy atom. The Morgan fingerprint density at radius 1 is 1.15 bits per heavy atom. The van der Waals surface area contributed by atoms with Gasteiger partial charge in [-0.25, -0.2) is 4.98 Å². The van der Waals surface area contributed by atoms with E-state index in [4.69, 9.17) is 16.3 Å². The van der Waals surface area contributed by atoms with E-state index in [1.165, 1.54) is 38.5 Å². The quantitative estimate of drug-likeness (QED) is 0.757. The summed E-state index contributed by atoms with van der Waals surface area (Å²) in [6.45, 7) is 4.21. The molecule has 0 saturated heterocycles. The minimum atomic E-state index is 0.297. The minimum Gasteiger partial charge on any atom is -0.474 e. The third kappa shape index (κ3) is 2.93. The molecule has 2 fully saturated rings. The first-order valence-electron chi connectivity index (χ1n) is 7.89. The lowest BCUT2D eigenvalue weighted by molar-refractivity contribution is 0.0847. The van der Waals surface area contributed by atoms with Crippen molar-refractivity contribution in [3.05, 3.63) is 16.5 Å². The Balaban J connectivity index is 1.81. The molecule has 110 valence electrons. The molecule has 0 radical (unpaired) electrons. The second-order valence-electron chi connectivity index (χ2n) is 6.19. The van der Waals surface area contributed by atoms with E-state index in [0.29, 0.717) is 23.1 Å². The fourth-order valence-corrected chi connectivity index (χ4v) is 3.23. The lowest BCUT2D eigenvalue weighted by Gasteiger charge is -2.31. The highest BCUT2D eigenvalue weighted by Crippen LogP contribution is 2.40. The molecule has 1 aromatic heterocycles. The number of nitrogens with zero attached hydrogens (tertiary/aromatic N) is 2. The Labute approximate surface area is 126 Å². The summed E-state index contributed by atoms with van der Waals surface area (Å²) in [6, 6.07) is 0. The van der Waals surface area contributed by atoms with Crippen LogP contribution >= 0.6 is 11.6 Å². The lowest BCUT2D eigenvalue weighted by Crippen LogP contribution is -2.30. The van der Waals surface area contributed by atoms with Crippen LogP contribution in [0.25, 0.3) is 0 Å². The molecule has 2 atom stereocenters. The van der Waals surface area contributed by atoms with Gasteiger partial charge in [-0.15, -0.1) is 0 Å². The number of halogens is 1. The van der Waals surface area contributed by atoms with E-state index >= 15 is 0 Å². The van der Waals surface area contributed by atoms with Crippen molar-refractivity contribution in [2.45, 2.75) is 70.8 Å². The molecule has 2 aliphatic rings. The zero-order chi connectivity index (χ0) is 14.1. The molecule has 2 saturated carbocycles. The minimum absolute atomic E-state index is 0.297. The molecular weight excluding hydrogens is 272 g/mol. The van der Waals surface area contributed by atoms with Crippen LogP contribution in [0.15, 0.2) is 0 Å². The highest BCUT2D eigenvalue weighted by atomic mass is 35.5. The normalized spacial score (nSPS) is 26.6. The van der Waals surface area contributed by atoms with Crippen molar-refractivity contribution < 1.29 is 4.74 Å². The summed E-state index contributed by atoms with van der Waals surface area (Å²) in [5.74, 6) is 2.75. The number of rotatable bonds is 4. The van der Waals surface area contributed by atoms with Gasteiger partial charge in [0, 0.05) is 11.5 Å². The number of hydrogen-bond donors (Lipinski definition) is 0. The van der Waals surface area contributed by atoms with Gasteiger partial charge in [0.1, 0.15) is 17.1 Å². The van der Waals surface area contributed by atoms with Gasteiger partial charge >= 0.3 is 0 Å². The molecule has 0 bridgehead atoms. The standard InChI is InChI=1S/C16H23ClN2O/c1-3-11-6-4-5-7-13(11)20-16-10(2)14(17)18-15(19-16)12-8-9-12/h11-13H,3-9H2,1-2H3. The third-order valence-electron chi connectivity index (χ3n) is 4.63. The molecule has 20 heavy (non-hydrogen) atoms. The maximum absolute atomic E-state index is 6.25. The van der Waals surface area contributed by atoms with Gasteiger partial charge < -0.3 is 4.74 Å². The van der Waals surface area contributed by atoms with Crippen LogP contribution in [0.2, 0.25) is 5.15 Å². The van der Waals surface area contributed by atoms with E-state index < -0.39 is 0 Å². The van der Waals surface area contributed by atoms with Gasteiger partial charge in [0.25, 0.3) is 0 Å². The maximum Gasteiger partial charge on any atom is 0.221 e. The summed E-state index contributed by atoms with van der Waals surface area (Å²) in [7, 11) is 0. The van der Waals surface area contributed by atoms with Crippen molar-refractivity contribution in [2.24, 2.45) is 5.92 Å². The zero-order valence-electron chi connectivity index (χ0n) is 12.4. The fraction of sp³-hybridized carbons (Fsp3) is 0.750. The number of aromatic nitrogens is 2. The zero-order valence-corrected chi connectivity index (χ0v) is 13.1. The van der Waals surface area contributed by atoms with Crippen molar-refractivity contribution in [2.75, 3.05) is 0 Å². The van der Waals surface area contributed by atoms with E-state index in [2.05, 4.69) is 16.9 Å². The molecule has 0 amide bonds. The largest absolute Gasteiger partial charge is 0.474 e. The highest BCUT2D eigenvalue weighted by molar-refractivity contribution is 6.30. The van der Waals surface area contributed by atoms with E-state index in [-0.39, 0.29) is 0 Å². The van der Waals surface area contributed by atoms with Gasteiger partial charge in [-0.3, -0.25) is 0 Å². The van der Waals surface area contributed by atoms with Crippen LogP contribution in [0.1, 0.15) is 69.2 Å². The van der Waals surface area contributed by atoms with Crippen LogP contribution in [0.3, 0.4) is 0 Å². The van der Waals surface area contributed by atoms with Crippen LogP contribution in [-0.4, -0.2) is 16.1 Å². The van der Waals surface area contributed by atoms with Gasteiger partial charge in [-0.1, -0.05) is 24.9 Å². The summed E-state index contributed by atoms with van der Waals surface area (Å²) in [5, 5.41) is 0.556. The van der Waals surface area contributed by atoms with Crippen LogP contribution in [0.5, 0.6) is 5.88 Å². The van der Waals surface area contributed by atoms with E-state index in [1.54, 1.807) is 0 Å². The number of hydrogen-bond acceptors (Lipinski definition) is 3. The van der Waals surface area contributed by atoms with E-state index in [9.17, 15) is 0 Å². The topological polar surface area (TPSA) is 35.0 Å². The van der Waals surface area contributed by atoms with E-state index in [0.717, 1.165) is 23.7 Å². The predicted molar refractivity (Wildman–Crippen MR) is 80.4 cm³/mol. The van der Waals surface area contributed by atoms with Crippen molar-refractivity contribution >= 4 is 11.6 Å². The van der Waals surface area contributed by atoms with Crippen molar-refractivity contribution in [3.8, 4) is 5.88 Å². The molecule has 0 aliphatic heterocycles. The Hall–Kier alpha value is -0.830. The molecule has 1 aromatic rings. The summed E-state index contributed by atoms with van der Waals surface area (Å²) < 4.78 is 6.25. The number of ether oxygens (including phenoxy) is 1. The fourth-order valence-electron chi connectivity index (χ4n) is 3.06. The van der Waals surface area contributed by atoms with E-state index in [1.807, 2.05) is 6.92 Å². The van der Waals surface area contributed by atoms with Gasteiger partial charge in [-0.05, 0) is 51.4 Å². The van der Waals surface area contributed by atoms with Gasteiger partial charge in [0.15, 0.2) is 0 Å². The Bertz CT molecular complexity index is 488. The SMILES string of the molecule is CCC1CCCCC1Oc1nc(C2CC2)nc(Cl)c1C. The van der Waals surface area contributed by atoms with Crippen LogP contribution in [0, 0.1) is 12.8 Å². The molecule has 3 rings (SSSR count). The molecule has 1 heterocycles. The molecule has 0 N–H and O–H groups in total. The third-order valence-corrected chi connectivity index (χ3v) is 5.00. The van der Waals surface area contributed by atoms with Gasteiger partial charge in [0.2, 0.25) is 5.88 Å². The van der Waals surface area contributed by atoms with Crippen LogP contribution in [-0.2, 0) is 0 Å². The second kappa shape index (κ2) is 5.88. The maximum atomic E-state index is 6.25. The first-order chi connectivity index (χ1) is 9.69. The van der Waals surface area contributed by atoms with Crippen LogP contribution < -0.4 is 4.74 Å². The van der Waals surface area contributed by atoms with Crippen molar-refractivity contribution in [3.63, 3.8) is 0 Å². The Morgan fingerprint density at radius 3 is 2.60 bits per heavy atom. The molecule has 2 aliphatic carbocycles. The average molecular weight is 295 g/mol. The monoisotopic (exact) mass is 294 g/mol. The lowest BCUT2D eigenvalue weighted by atomic mass is 9.85. The molecule has 2 unspecified atom stereocenters. The molecule has 0 spiro atoms. The smallest absolute Gasteiger partial charge is 0.221 e. The molecular formula is C16H23ClN2O. The summed E-state index contributed by atoms with van der Waals surface area (Å²) >= 11 is 6.25. The van der Waals surface area contributed by atoms with Gasteiger partial charge in [0.05, 0.1) is 0 Å². The molecule has 4 heteroatoms. The summed E-state index contributed by atoms with van der Waals surface area (Å²) in [6.07, 6.45) is 8.83.